The molecule has 0 aliphatic carbocycles. The summed E-state index contributed by atoms with van der Waals surface area (Å²) in [4.78, 5) is 33.7. The fourth-order valence-corrected chi connectivity index (χ4v) is 4.71. The first-order chi connectivity index (χ1) is 15.2. The molecule has 7 nitrogen and oxygen atoms in total. The number of rotatable bonds is 3. The molecule has 1 fully saturated rings. The monoisotopic (exact) mass is 414 g/mol. The van der Waals surface area contributed by atoms with Crippen LogP contribution >= 0.6 is 0 Å². The molecular weight excluding hydrogens is 392 g/mol. The lowest BCUT2D eigenvalue weighted by Crippen LogP contribution is -2.71. The van der Waals surface area contributed by atoms with Gasteiger partial charge in [-0.05, 0) is 35.9 Å². The predicted molar refractivity (Wildman–Crippen MR) is 117 cm³/mol. The summed E-state index contributed by atoms with van der Waals surface area (Å²) < 4.78 is 0. The van der Waals surface area contributed by atoms with Crippen LogP contribution in [0.25, 0.3) is 0 Å². The summed E-state index contributed by atoms with van der Waals surface area (Å²) >= 11 is 0. The van der Waals surface area contributed by atoms with Crippen molar-refractivity contribution in [3.05, 3.63) is 90.3 Å². The summed E-state index contributed by atoms with van der Waals surface area (Å²) in [7, 11) is 0. The zero-order chi connectivity index (χ0) is 21.4. The normalized spacial score (nSPS) is 21.5. The molecule has 7 heteroatoms. The van der Waals surface area contributed by atoms with Gasteiger partial charge in [0, 0.05) is 41.8 Å². The summed E-state index contributed by atoms with van der Waals surface area (Å²) in [6.45, 7) is 0.218. The van der Waals surface area contributed by atoms with Crippen LogP contribution in [0.4, 0.5) is 16.2 Å². The van der Waals surface area contributed by atoms with Crippen LogP contribution in [0.5, 0.6) is 0 Å². The maximum absolute atomic E-state index is 13.2. The van der Waals surface area contributed by atoms with E-state index in [4.69, 9.17) is 0 Å². The third-order valence-corrected chi connectivity index (χ3v) is 6.12. The molecule has 2 aliphatic heterocycles. The number of amides is 3. The van der Waals surface area contributed by atoms with Gasteiger partial charge in [0.1, 0.15) is 0 Å². The van der Waals surface area contributed by atoms with Crippen molar-refractivity contribution < 1.29 is 14.7 Å². The number of likely N-dealkylation sites (tertiary alicyclic amines) is 1. The second-order valence-electron chi connectivity index (χ2n) is 7.76. The number of anilines is 2. The van der Waals surface area contributed by atoms with Gasteiger partial charge in [-0.1, -0.05) is 36.4 Å². The van der Waals surface area contributed by atoms with Crippen molar-refractivity contribution in [1.29, 1.82) is 0 Å². The van der Waals surface area contributed by atoms with Crippen LogP contribution in [0.15, 0.2) is 79.1 Å². The number of benzene rings is 2. The summed E-state index contributed by atoms with van der Waals surface area (Å²) in [6.07, 6.45) is 3.16. The van der Waals surface area contributed by atoms with Gasteiger partial charge in [-0.15, -0.1) is 0 Å². The van der Waals surface area contributed by atoms with Gasteiger partial charge in [0.2, 0.25) is 0 Å². The average molecular weight is 414 g/mol. The van der Waals surface area contributed by atoms with Gasteiger partial charge < -0.3 is 15.3 Å². The molecule has 0 spiro atoms. The maximum atomic E-state index is 13.2. The van der Waals surface area contributed by atoms with Crippen LogP contribution in [0.1, 0.15) is 21.8 Å². The molecule has 3 aromatic rings. The van der Waals surface area contributed by atoms with Gasteiger partial charge in [0.25, 0.3) is 5.91 Å². The molecule has 5 rings (SSSR count). The number of aliphatic hydroxyl groups is 1. The highest BCUT2D eigenvalue weighted by molar-refractivity contribution is 6.03. The molecule has 3 heterocycles. The van der Waals surface area contributed by atoms with Crippen molar-refractivity contribution in [3.8, 4) is 0 Å². The van der Waals surface area contributed by atoms with Gasteiger partial charge >= 0.3 is 6.03 Å². The molecule has 2 aromatic carbocycles. The number of hydrogen-bond acceptors (Lipinski definition) is 4. The average Bonchev–Trinajstić information content (AvgIpc) is 2.80. The topological polar surface area (TPSA) is 85.8 Å². The van der Waals surface area contributed by atoms with Crippen LogP contribution < -0.4 is 10.2 Å². The van der Waals surface area contributed by atoms with Crippen LogP contribution in [-0.2, 0) is 0 Å². The molecule has 156 valence electrons. The first kappa shape index (κ1) is 19.3. The van der Waals surface area contributed by atoms with E-state index in [0.717, 1.165) is 11.3 Å². The fourth-order valence-electron chi connectivity index (χ4n) is 4.71. The summed E-state index contributed by atoms with van der Waals surface area (Å²) in [5.74, 6) is -0.182. The summed E-state index contributed by atoms with van der Waals surface area (Å²) in [5.41, 5.74) is 3.01. The Bertz CT molecular complexity index is 1110. The number of nitrogens with one attached hydrogen (secondary N) is 1. The third kappa shape index (κ3) is 3.23. The molecule has 2 N–H and O–H groups in total. The highest BCUT2D eigenvalue weighted by Crippen LogP contribution is 2.48. The van der Waals surface area contributed by atoms with Crippen molar-refractivity contribution in [1.82, 2.24) is 9.88 Å². The highest BCUT2D eigenvalue weighted by atomic mass is 16.3. The molecular formula is C24H22N4O3. The van der Waals surface area contributed by atoms with Crippen LogP contribution in [0.2, 0.25) is 0 Å². The molecule has 1 saturated heterocycles. The molecule has 0 bridgehead atoms. The largest absolute Gasteiger partial charge is 0.394 e. The summed E-state index contributed by atoms with van der Waals surface area (Å²) in [6, 6.07) is 19.5. The van der Waals surface area contributed by atoms with E-state index in [0.29, 0.717) is 17.8 Å². The third-order valence-electron chi connectivity index (χ3n) is 6.12. The number of aromatic nitrogens is 1. The second-order valence-corrected chi connectivity index (χ2v) is 7.76. The molecule has 3 atom stereocenters. The smallest absolute Gasteiger partial charge is 0.326 e. The Balaban J connectivity index is 1.48. The van der Waals surface area contributed by atoms with Crippen molar-refractivity contribution in [3.63, 3.8) is 0 Å². The number of pyridine rings is 1. The van der Waals surface area contributed by atoms with Crippen molar-refractivity contribution in [2.24, 2.45) is 0 Å². The standard InChI is InChI=1S/C24H22N4O3/c29-15-21-22-18-8-4-5-9-19(18)27(24(31)26-17-6-2-1-3-7-17)14-20(22)28(21)23(30)16-10-12-25-13-11-16/h1-13,20-22,29H,14-15H2,(H,26,31)/t20-,21+,22+/m0/s1. The van der Waals surface area contributed by atoms with E-state index in [1.165, 1.54) is 0 Å². The number of carbonyl (C=O) groups is 2. The number of aliphatic hydroxyl groups excluding tert-OH is 1. The molecule has 31 heavy (non-hydrogen) atoms. The first-order valence-electron chi connectivity index (χ1n) is 10.2. The van der Waals surface area contributed by atoms with Gasteiger partial charge in [0.15, 0.2) is 0 Å². The lowest BCUT2D eigenvalue weighted by atomic mass is 9.71. The molecule has 0 saturated carbocycles. The van der Waals surface area contributed by atoms with E-state index in [1.807, 2.05) is 54.6 Å². The van der Waals surface area contributed by atoms with E-state index >= 15 is 0 Å². The quantitative estimate of drug-likeness (QED) is 0.690. The highest BCUT2D eigenvalue weighted by Gasteiger charge is 2.55. The molecule has 0 unspecified atom stereocenters. The van der Waals surface area contributed by atoms with E-state index < -0.39 is 0 Å². The van der Waals surface area contributed by atoms with Gasteiger partial charge in [0.05, 0.1) is 18.7 Å². The molecule has 0 radical (unpaired) electrons. The zero-order valence-electron chi connectivity index (χ0n) is 16.8. The van der Waals surface area contributed by atoms with E-state index in [1.54, 1.807) is 34.3 Å². The number of urea groups is 1. The van der Waals surface area contributed by atoms with Crippen molar-refractivity contribution in [2.45, 2.75) is 18.0 Å². The Hall–Kier alpha value is -3.71. The summed E-state index contributed by atoms with van der Waals surface area (Å²) in [5, 5.41) is 13.0. The lowest BCUT2D eigenvalue weighted by molar-refractivity contribution is -0.0241. The van der Waals surface area contributed by atoms with Gasteiger partial charge in [-0.3, -0.25) is 14.7 Å². The minimum absolute atomic E-state index is 0.0206. The SMILES string of the molecule is O=C(Nc1ccccc1)N1C[C@H]2[C@@H](c3ccccc31)[C@@H](CO)N2C(=O)c1ccncc1. The van der Waals surface area contributed by atoms with Crippen LogP contribution in [0.3, 0.4) is 0 Å². The van der Waals surface area contributed by atoms with Crippen molar-refractivity contribution >= 4 is 23.3 Å². The Labute approximate surface area is 179 Å². The van der Waals surface area contributed by atoms with E-state index in [9.17, 15) is 14.7 Å². The first-order valence-corrected chi connectivity index (χ1v) is 10.2. The second kappa shape index (κ2) is 7.85. The Kier molecular flexibility index (Phi) is 4.88. The number of carbonyl (C=O) groups excluding carboxylic acids is 2. The minimum atomic E-state index is -0.328. The minimum Gasteiger partial charge on any atom is -0.394 e. The van der Waals surface area contributed by atoms with Crippen LogP contribution in [0, 0.1) is 0 Å². The Morgan fingerprint density at radius 2 is 1.71 bits per heavy atom. The Morgan fingerprint density at radius 1 is 1.00 bits per heavy atom. The molecule has 2 aliphatic rings. The fraction of sp³-hybridized carbons (Fsp3) is 0.208. The van der Waals surface area contributed by atoms with Gasteiger partial charge in [-0.25, -0.2) is 4.79 Å². The number of fused-ring (bicyclic) bond motifs is 3. The number of nitrogens with zero attached hydrogens (tertiary/aromatic N) is 3. The van der Waals surface area contributed by atoms with Crippen molar-refractivity contribution in [2.75, 3.05) is 23.4 Å². The van der Waals surface area contributed by atoms with Gasteiger partial charge in [-0.2, -0.15) is 0 Å². The molecule has 1 aromatic heterocycles. The van der Waals surface area contributed by atoms with E-state index in [-0.39, 0.29) is 36.5 Å². The number of para-hydroxylation sites is 2. The molecule has 3 amide bonds. The van der Waals surface area contributed by atoms with E-state index in [2.05, 4.69) is 10.3 Å². The lowest BCUT2D eigenvalue weighted by Gasteiger charge is -2.58. The predicted octanol–water partition coefficient (Wildman–Crippen LogP) is 3.10. The zero-order valence-corrected chi connectivity index (χ0v) is 16.8. The number of hydrogen-bond donors (Lipinski definition) is 2. The van der Waals surface area contributed by atoms with Crippen LogP contribution in [-0.4, -0.2) is 52.2 Å². The Morgan fingerprint density at radius 3 is 2.45 bits per heavy atom. The maximum Gasteiger partial charge on any atom is 0.326 e.